The molecule has 0 amide bonds. The first-order valence-corrected chi connectivity index (χ1v) is 5.61. The third kappa shape index (κ3) is 2.60. The van der Waals surface area contributed by atoms with Gasteiger partial charge >= 0.3 is 0 Å². The van der Waals surface area contributed by atoms with E-state index in [4.69, 9.17) is 23.7 Å². The lowest BCUT2D eigenvalue weighted by molar-refractivity contribution is 1.40. The highest BCUT2D eigenvalue weighted by Crippen LogP contribution is 2.22. The Morgan fingerprint density at radius 2 is 1.94 bits per heavy atom. The van der Waals surface area contributed by atoms with Crippen LogP contribution in [0.25, 0.3) is 0 Å². The summed E-state index contributed by atoms with van der Waals surface area (Å²) in [6, 6.07) is 5.60. The van der Waals surface area contributed by atoms with Gasteiger partial charge in [0.05, 0.1) is 16.3 Å². The van der Waals surface area contributed by atoms with E-state index in [1.807, 2.05) is 31.2 Å². The fraction of sp³-hybridized carbons (Fsp3) is 0.0769. The SMILES string of the molecule is Cc1cc(N)ccc1/N=C1/C=CC(N)=CC1=S. The molecule has 1 aromatic rings. The van der Waals surface area contributed by atoms with E-state index < -0.39 is 0 Å². The first kappa shape index (κ1) is 11.5. The van der Waals surface area contributed by atoms with Gasteiger partial charge in [-0.2, -0.15) is 0 Å². The lowest BCUT2D eigenvalue weighted by Crippen LogP contribution is -2.13. The van der Waals surface area contributed by atoms with Crippen molar-refractivity contribution < 1.29 is 0 Å². The van der Waals surface area contributed by atoms with Gasteiger partial charge in [0, 0.05) is 11.4 Å². The van der Waals surface area contributed by atoms with Gasteiger partial charge in [-0.15, -0.1) is 0 Å². The van der Waals surface area contributed by atoms with Crippen LogP contribution in [0.3, 0.4) is 0 Å². The minimum absolute atomic E-state index is 0.654. The van der Waals surface area contributed by atoms with Crippen LogP contribution in [0.15, 0.2) is 47.1 Å². The number of benzene rings is 1. The third-order valence-corrected chi connectivity index (χ3v) is 2.77. The molecule has 2 rings (SSSR count). The van der Waals surface area contributed by atoms with Crippen molar-refractivity contribution in [1.29, 1.82) is 0 Å². The molecule has 3 nitrogen and oxygen atoms in total. The number of nitrogens with two attached hydrogens (primary N) is 2. The summed E-state index contributed by atoms with van der Waals surface area (Å²) < 4.78 is 0. The zero-order chi connectivity index (χ0) is 12.4. The van der Waals surface area contributed by atoms with Gasteiger partial charge < -0.3 is 11.5 Å². The second-order valence-electron chi connectivity index (χ2n) is 3.88. The number of hydrogen-bond donors (Lipinski definition) is 2. The molecule has 4 N–H and O–H groups in total. The van der Waals surface area contributed by atoms with Gasteiger partial charge in [-0.3, -0.25) is 0 Å². The normalized spacial score (nSPS) is 17.4. The molecule has 0 saturated carbocycles. The second kappa shape index (κ2) is 4.51. The van der Waals surface area contributed by atoms with Crippen LogP contribution >= 0.6 is 12.2 Å². The summed E-state index contributed by atoms with van der Waals surface area (Å²) in [6.07, 6.45) is 5.36. The van der Waals surface area contributed by atoms with Crippen molar-refractivity contribution in [2.24, 2.45) is 10.7 Å². The van der Waals surface area contributed by atoms with E-state index in [0.717, 1.165) is 22.6 Å². The Bertz CT molecular complexity index is 568. The Morgan fingerprint density at radius 1 is 1.18 bits per heavy atom. The van der Waals surface area contributed by atoms with E-state index in [2.05, 4.69) is 4.99 Å². The first-order chi connectivity index (χ1) is 8.06. The number of aryl methyl sites for hydroxylation is 1. The van der Waals surface area contributed by atoms with Gasteiger partial charge in [-0.1, -0.05) is 12.2 Å². The smallest absolute Gasteiger partial charge is 0.0819 e. The van der Waals surface area contributed by atoms with E-state index in [9.17, 15) is 0 Å². The van der Waals surface area contributed by atoms with Crippen LogP contribution < -0.4 is 11.5 Å². The summed E-state index contributed by atoms with van der Waals surface area (Å²) >= 11 is 5.21. The number of allylic oxidation sites excluding steroid dienone is 3. The molecule has 0 radical (unpaired) electrons. The molecule has 0 saturated heterocycles. The van der Waals surface area contributed by atoms with Crippen molar-refractivity contribution in [1.82, 2.24) is 0 Å². The van der Waals surface area contributed by atoms with Crippen molar-refractivity contribution in [3.05, 3.63) is 47.7 Å². The van der Waals surface area contributed by atoms with Crippen LogP contribution in [0.5, 0.6) is 0 Å². The highest BCUT2D eigenvalue weighted by Gasteiger charge is 2.07. The molecule has 4 heteroatoms. The number of nitrogens with zero attached hydrogens (tertiary/aromatic N) is 1. The molecule has 0 spiro atoms. The van der Waals surface area contributed by atoms with Gasteiger partial charge in [0.15, 0.2) is 0 Å². The average Bonchev–Trinajstić information content (AvgIpc) is 2.25. The van der Waals surface area contributed by atoms with Gasteiger partial charge in [0.2, 0.25) is 0 Å². The third-order valence-electron chi connectivity index (χ3n) is 2.45. The minimum Gasteiger partial charge on any atom is -0.399 e. The molecule has 0 unspecified atom stereocenters. The molecule has 0 fully saturated rings. The van der Waals surface area contributed by atoms with Crippen molar-refractivity contribution in [3.8, 4) is 0 Å². The molecule has 0 heterocycles. The fourth-order valence-electron chi connectivity index (χ4n) is 1.56. The quantitative estimate of drug-likeness (QED) is 0.588. The molecular formula is C13H13N3S. The zero-order valence-corrected chi connectivity index (χ0v) is 10.3. The monoisotopic (exact) mass is 243 g/mol. The molecule has 0 bridgehead atoms. The molecule has 1 aromatic carbocycles. The van der Waals surface area contributed by atoms with Crippen LogP contribution in [-0.2, 0) is 0 Å². The molecular weight excluding hydrogens is 230 g/mol. The van der Waals surface area contributed by atoms with E-state index in [0.29, 0.717) is 10.6 Å². The van der Waals surface area contributed by atoms with Crippen molar-refractivity contribution >= 4 is 34.2 Å². The maximum atomic E-state index is 5.69. The lowest BCUT2D eigenvalue weighted by atomic mass is 10.1. The fourth-order valence-corrected chi connectivity index (χ4v) is 1.81. The molecule has 1 aliphatic rings. The Hall–Kier alpha value is -1.94. The largest absolute Gasteiger partial charge is 0.399 e. The van der Waals surface area contributed by atoms with Crippen molar-refractivity contribution in [2.75, 3.05) is 5.73 Å². The number of aliphatic imine (C=N–C) groups is 1. The van der Waals surface area contributed by atoms with Crippen LogP contribution in [0.1, 0.15) is 5.56 Å². The van der Waals surface area contributed by atoms with E-state index in [1.165, 1.54) is 0 Å². The summed E-state index contributed by atoms with van der Waals surface area (Å²) in [5, 5.41) is 0. The molecule has 17 heavy (non-hydrogen) atoms. The molecule has 0 aromatic heterocycles. The standard InChI is InChI=1S/C13H13N3S/c1-8-6-9(14)2-4-11(8)16-12-5-3-10(15)7-13(12)17/h2-7H,14-15H2,1H3/b16-12-. The predicted octanol–water partition coefficient (Wildman–Crippen LogP) is 2.43. The van der Waals surface area contributed by atoms with Crippen LogP contribution in [0.2, 0.25) is 0 Å². The molecule has 1 aliphatic carbocycles. The first-order valence-electron chi connectivity index (χ1n) is 5.20. The predicted molar refractivity (Wildman–Crippen MR) is 76.7 cm³/mol. The lowest BCUT2D eigenvalue weighted by Gasteiger charge is -2.08. The summed E-state index contributed by atoms with van der Waals surface area (Å²) in [6.45, 7) is 1.97. The molecule has 0 atom stereocenters. The number of nitrogen functional groups attached to an aromatic ring is 1. The Labute approximate surface area is 106 Å². The van der Waals surface area contributed by atoms with Gasteiger partial charge in [0.1, 0.15) is 0 Å². The minimum atomic E-state index is 0.654. The Kier molecular flexibility index (Phi) is 3.06. The van der Waals surface area contributed by atoms with Gasteiger partial charge in [-0.05, 0) is 48.9 Å². The molecule has 0 aliphatic heterocycles. The summed E-state index contributed by atoms with van der Waals surface area (Å²) in [5.74, 6) is 0. The summed E-state index contributed by atoms with van der Waals surface area (Å²) in [5.41, 5.74) is 15.4. The number of hydrogen-bond acceptors (Lipinski definition) is 4. The highest BCUT2D eigenvalue weighted by molar-refractivity contribution is 7.82. The van der Waals surface area contributed by atoms with Crippen molar-refractivity contribution in [3.63, 3.8) is 0 Å². The Morgan fingerprint density at radius 3 is 2.59 bits per heavy atom. The Balaban J connectivity index is 2.38. The van der Waals surface area contributed by atoms with E-state index >= 15 is 0 Å². The maximum Gasteiger partial charge on any atom is 0.0819 e. The number of rotatable bonds is 1. The molecule has 86 valence electrons. The maximum absolute atomic E-state index is 5.69. The average molecular weight is 243 g/mol. The van der Waals surface area contributed by atoms with Gasteiger partial charge in [-0.25, -0.2) is 4.99 Å². The topological polar surface area (TPSA) is 64.4 Å². The summed E-state index contributed by atoms with van der Waals surface area (Å²) in [4.78, 5) is 5.16. The second-order valence-corrected chi connectivity index (χ2v) is 4.32. The zero-order valence-electron chi connectivity index (χ0n) is 9.47. The number of thiocarbonyl (C=S) groups is 1. The highest BCUT2D eigenvalue weighted by atomic mass is 32.1. The van der Waals surface area contributed by atoms with Crippen molar-refractivity contribution in [2.45, 2.75) is 6.92 Å². The van der Waals surface area contributed by atoms with Crippen LogP contribution in [0.4, 0.5) is 11.4 Å². The van der Waals surface area contributed by atoms with E-state index in [1.54, 1.807) is 12.2 Å². The van der Waals surface area contributed by atoms with E-state index in [-0.39, 0.29) is 0 Å². The van der Waals surface area contributed by atoms with Crippen LogP contribution in [-0.4, -0.2) is 10.6 Å². The summed E-state index contributed by atoms with van der Waals surface area (Å²) in [7, 11) is 0. The number of anilines is 1. The van der Waals surface area contributed by atoms with Crippen LogP contribution in [0, 0.1) is 6.92 Å². The van der Waals surface area contributed by atoms with Gasteiger partial charge in [0.25, 0.3) is 0 Å².